The molecule has 1 amide bonds. The van der Waals surface area contributed by atoms with Gasteiger partial charge in [0, 0.05) is 5.39 Å². The molecular weight excluding hydrogens is 539 g/mol. The van der Waals surface area contributed by atoms with Gasteiger partial charge in [0.2, 0.25) is 11.5 Å². The molecule has 40 heavy (non-hydrogen) atoms. The fourth-order valence-electron chi connectivity index (χ4n) is 4.82. The number of carbonyl (C=O) groups is 2. The van der Waals surface area contributed by atoms with Crippen LogP contribution in [-0.4, -0.2) is 43.1 Å². The second-order valence-corrected chi connectivity index (χ2v) is 9.89. The predicted octanol–water partition coefficient (Wildman–Crippen LogP) is 5.99. The Labute approximate surface area is 230 Å². The highest BCUT2D eigenvalue weighted by atomic mass is 32.1. The largest absolute Gasteiger partial charge is 0.503 e. The number of amides is 1. The molecule has 2 aromatic heterocycles. The Hall–Kier alpha value is -4.90. The highest BCUT2D eigenvalue weighted by Crippen LogP contribution is 2.48. The molecule has 9 nitrogen and oxygen atoms in total. The number of anilines is 1. The maximum absolute atomic E-state index is 13.9. The number of furan rings is 1. The highest BCUT2D eigenvalue weighted by Gasteiger charge is 2.47. The van der Waals surface area contributed by atoms with Gasteiger partial charge in [-0.05, 0) is 48.0 Å². The fraction of sp³-hybridized carbons (Fsp3) is 0.138. The van der Waals surface area contributed by atoms with Gasteiger partial charge in [0.05, 0.1) is 43.2 Å². The van der Waals surface area contributed by atoms with Gasteiger partial charge in [-0.1, -0.05) is 29.5 Å². The molecule has 3 heterocycles. The molecule has 0 spiro atoms. The van der Waals surface area contributed by atoms with Crippen molar-refractivity contribution < 1.29 is 37.7 Å². The maximum atomic E-state index is 13.9. The van der Waals surface area contributed by atoms with Crippen molar-refractivity contribution in [1.29, 1.82) is 0 Å². The van der Waals surface area contributed by atoms with Gasteiger partial charge in [-0.3, -0.25) is 14.5 Å². The molecule has 1 atom stereocenters. The van der Waals surface area contributed by atoms with Crippen LogP contribution in [0.25, 0.3) is 21.2 Å². The average Bonchev–Trinajstić information content (AvgIpc) is 3.65. The lowest BCUT2D eigenvalue weighted by Crippen LogP contribution is -2.31. The van der Waals surface area contributed by atoms with Crippen molar-refractivity contribution in [3.05, 3.63) is 89.1 Å². The van der Waals surface area contributed by atoms with Gasteiger partial charge < -0.3 is 23.7 Å². The Balaban J connectivity index is 1.56. The first-order chi connectivity index (χ1) is 19.3. The van der Waals surface area contributed by atoms with E-state index >= 15 is 0 Å². The van der Waals surface area contributed by atoms with Crippen LogP contribution in [0.3, 0.4) is 0 Å². The number of halogens is 1. The van der Waals surface area contributed by atoms with E-state index in [1.807, 2.05) is 0 Å². The van der Waals surface area contributed by atoms with Crippen LogP contribution >= 0.6 is 11.3 Å². The normalized spacial score (nSPS) is 15.3. The first-order valence-electron chi connectivity index (χ1n) is 12.0. The standard InChI is InChI=1S/C29H21FN2O7S/c1-36-20-11-15(12-21(37-2)27(20)38-3)24-23(25(33)19-10-14-6-4-5-7-18(14)39-19)26(34)28(35)32(24)29-31-17-9-8-16(30)13-22(17)40-29/h4-13,24,34H,1-3H3. The van der Waals surface area contributed by atoms with Gasteiger partial charge in [0.1, 0.15) is 11.4 Å². The van der Waals surface area contributed by atoms with Gasteiger partial charge in [0.25, 0.3) is 5.91 Å². The molecule has 0 bridgehead atoms. The number of para-hydroxylation sites is 1. The van der Waals surface area contributed by atoms with Crippen LogP contribution in [0.1, 0.15) is 22.2 Å². The quantitative estimate of drug-likeness (QED) is 0.242. The number of rotatable bonds is 7. The molecule has 0 radical (unpaired) electrons. The number of hydrogen-bond acceptors (Lipinski definition) is 9. The van der Waals surface area contributed by atoms with Gasteiger partial charge >= 0.3 is 0 Å². The van der Waals surface area contributed by atoms with E-state index in [0.717, 1.165) is 11.3 Å². The molecule has 0 saturated heterocycles. The number of Topliss-reactive ketones (excluding diaryl/α,β-unsaturated/α-hetero) is 1. The van der Waals surface area contributed by atoms with Gasteiger partial charge in [-0.15, -0.1) is 0 Å². The molecule has 11 heteroatoms. The summed E-state index contributed by atoms with van der Waals surface area (Å²) >= 11 is 1.05. The van der Waals surface area contributed by atoms with E-state index in [0.29, 0.717) is 32.5 Å². The minimum Gasteiger partial charge on any atom is -0.503 e. The Kier molecular flexibility index (Phi) is 6.15. The van der Waals surface area contributed by atoms with Crippen LogP contribution < -0.4 is 19.1 Å². The van der Waals surface area contributed by atoms with E-state index in [1.165, 1.54) is 44.4 Å². The molecule has 202 valence electrons. The number of methoxy groups -OCH3 is 3. The average molecular weight is 561 g/mol. The molecular formula is C29H21FN2O7S. The minimum absolute atomic E-state index is 0.0544. The summed E-state index contributed by atoms with van der Waals surface area (Å²) in [5, 5.41) is 12.0. The van der Waals surface area contributed by atoms with E-state index in [1.54, 1.807) is 42.5 Å². The number of fused-ring (bicyclic) bond motifs is 2. The van der Waals surface area contributed by atoms with E-state index < -0.39 is 29.3 Å². The van der Waals surface area contributed by atoms with Crippen LogP contribution in [-0.2, 0) is 4.79 Å². The SMILES string of the molecule is COc1cc(C2C(C(=O)c3cc4ccccc4o3)=C(O)C(=O)N2c2nc3ccc(F)cc3s2)cc(OC)c1OC. The summed E-state index contributed by atoms with van der Waals surface area (Å²) in [7, 11) is 4.33. The zero-order valence-electron chi connectivity index (χ0n) is 21.4. The van der Waals surface area contributed by atoms with Crippen molar-refractivity contribution in [1.82, 2.24) is 4.98 Å². The van der Waals surface area contributed by atoms with Gasteiger partial charge in [-0.25, -0.2) is 9.37 Å². The molecule has 1 aliphatic heterocycles. The number of aliphatic hydroxyl groups excluding tert-OH is 1. The number of hydrogen-bond donors (Lipinski definition) is 1. The minimum atomic E-state index is -1.16. The molecule has 0 saturated carbocycles. The third-order valence-corrected chi connectivity index (χ3v) is 7.67. The number of benzene rings is 3. The summed E-state index contributed by atoms with van der Waals surface area (Å²) in [6.07, 6.45) is 0. The number of carbonyl (C=O) groups excluding carboxylic acids is 2. The lowest BCUT2D eigenvalue weighted by Gasteiger charge is -2.25. The lowest BCUT2D eigenvalue weighted by molar-refractivity contribution is -0.117. The Morgan fingerprint density at radius 1 is 1.02 bits per heavy atom. The zero-order chi connectivity index (χ0) is 28.1. The molecule has 6 rings (SSSR count). The smallest absolute Gasteiger partial charge is 0.296 e. The Morgan fingerprint density at radius 2 is 1.75 bits per heavy atom. The van der Waals surface area contributed by atoms with Crippen molar-refractivity contribution in [2.75, 3.05) is 26.2 Å². The molecule has 5 aromatic rings. The van der Waals surface area contributed by atoms with Crippen molar-refractivity contribution in [2.45, 2.75) is 6.04 Å². The van der Waals surface area contributed by atoms with Crippen LogP contribution in [0.5, 0.6) is 17.2 Å². The van der Waals surface area contributed by atoms with Gasteiger partial charge in [-0.2, -0.15) is 0 Å². The van der Waals surface area contributed by atoms with Crippen LogP contribution in [0.4, 0.5) is 9.52 Å². The number of aliphatic hydroxyl groups is 1. The summed E-state index contributed by atoms with van der Waals surface area (Å²) < 4.78 is 36.7. The van der Waals surface area contributed by atoms with Crippen molar-refractivity contribution in [2.24, 2.45) is 0 Å². The third-order valence-electron chi connectivity index (χ3n) is 6.65. The summed E-state index contributed by atoms with van der Waals surface area (Å²) in [4.78, 5) is 33.3. The Morgan fingerprint density at radius 3 is 2.42 bits per heavy atom. The highest BCUT2D eigenvalue weighted by molar-refractivity contribution is 7.22. The molecule has 1 unspecified atom stereocenters. The topological polar surface area (TPSA) is 111 Å². The van der Waals surface area contributed by atoms with Crippen molar-refractivity contribution in [3.63, 3.8) is 0 Å². The second-order valence-electron chi connectivity index (χ2n) is 8.88. The predicted molar refractivity (Wildman–Crippen MR) is 146 cm³/mol. The lowest BCUT2D eigenvalue weighted by atomic mass is 9.94. The third kappa shape index (κ3) is 3.93. The maximum Gasteiger partial charge on any atom is 0.296 e. The van der Waals surface area contributed by atoms with E-state index in [4.69, 9.17) is 18.6 Å². The van der Waals surface area contributed by atoms with Crippen LogP contribution in [0.2, 0.25) is 0 Å². The number of nitrogens with zero attached hydrogens (tertiary/aromatic N) is 2. The summed E-state index contributed by atoms with van der Waals surface area (Å²) in [5.41, 5.74) is 1.08. The first-order valence-corrected chi connectivity index (χ1v) is 12.8. The van der Waals surface area contributed by atoms with Crippen molar-refractivity contribution >= 4 is 49.3 Å². The number of ether oxygens (including phenoxy) is 3. The number of ketones is 1. The first kappa shape index (κ1) is 25.4. The molecule has 1 N–H and O–H groups in total. The molecule has 0 fully saturated rings. The monoisotopic (exact) mass is 560 g/mol. The number of aromatic nitrogens is 1. The van der Waals surface area contributed by atoms with E-state index in [2.05, 4.69) is 4.98 Å². The van der Waals surface area contributed by atoms with Crippen LogP contribution in [0, 0.1) is 5.82 Å². The number of thiazole rings is 1. The summed E-state index contributed by atoms with van der Waals surface area (Å²) in [5.74, 6) is -1.95. The fourth-order valence-corrected chi connectivity index (χ4v) is 5.84. The van der Waals surface area contributed by atoms with Gasteiger partial charge in [0.15, 0.2) is 28.1 Å². The molecule has 0 aliphatic carbocycles. The Bertz CT molecular complexity index is 1800. The summed E-state index contributed by atoms with van der Waals surface area (Å²) in [6.45, 7) is 0. The second kappa shape index (κ2) is 9.69. The van der Waals surface area contributed by atoms with Crippen LogP contribution in [0.15, 0.2) is 76.4 Å². The van der Waals surface area contributed by atoms with E-state index in [-0.39, 0.29) is 28.0 Å². The van der Waals surface area contributed by atoms with E-state index in [9.17, 15) is 19.1 Å². The molecule has 3 aromatic carbocycles. The molecule has 1 aliphatic rings. The zero-order valence-corrected chi connectivity index (χ0v) is 22.2. The summed E-state index contributed by atoms with van der Waals surface area (Å²) in [6, 6.07) is 14.7. The van der Waals surface area contributed by atoms with Crippen molar-refractivity contribution in [3.8, 4) is 17.2 Å².